The third-order valence-electron chi connectivity index (χ3n) is 1.39. The van der Waals surface area contributed by atoms with E-state index in [9.17, 15) is 9.59 Å². The van der Waals surface area contributed by atoms with E-state index in [1.165, 1.54) is 24.3 Å². The normalized spacial score (nSPS) is 8.62. The molecule has 0 aliphatic heterocycles. The maximum Gasteiger partial charge on any atom is 0.336 e. The molecule has 13 heavy (non-hydrogen) atoms. The number of carboxylic acid groups (broad SMARTS) is 2. The molecule has 5 heteroatoms. The molecule has 0 radical (unpaired) electrons. The summed E-state index contributed by atoms with van der Waals surface area (Å²) in [5, 5.41) is 17.1. The van der Waals surface area contributed by atoms with Gasteiger partial charge < -0.3 is 10.2 Å². The van der Waals surface area contributed by atoms with E-state index >= 15 is 0 Å². The molecule has 0 amide bonds. The summed E-state index contributed by atoms with van der Waals surface area (Å²) in [6.07, 6.45) is 0. The van der Waals surface area contributed by atoms with Crippen LogP contribution in [0.5, 0.6) is 0 Å². The summed E-state index contributed by atoms with van der Waals surface area (Å²) in [6, 6.07) is 5.48. The standard InChI is InChI=1S/C8H6O4.Cr/c9-7(10)5-3-1-2-4-6(5)8(11)12;/h1-4H,(H,9,10)(H,11,12);. The topological polar surface area (TPSA) is 74.6 Å². The van der Waals surface area contributed by atoms with Crippen LogP contribution in [0.3, 0.4) is 0 Å². The molecule has 0 saturated carbocycles. The van der Waals surface area contributed by atoms with Crippen molar-refractivity contribution in [1.82, 2.24) is 0 Å². The summed E-state index contributed by atoms with van der Waals surface area (Å²) >= 11 is 0. The van der Waals surface area contributed by atoms with Gasteiger partial charge in [0, 0.05) is 17.4 Å². The van der Waals surface area contributed by atoms with Gasteiger partial charge in [-0.2, -0.15) is 0 Å². The first-order valence-corrected chi connectivity index (χ1v) is 3.18. The van der Waals surface area contributed by atoms with Gasteiger partial charge in [-0.05, 0) is 12.1 Å². The zero-order chi connectivity index (χ0) is 9.14. The van der Waals surface area contributed by atoms with Gasteiger partial charge in [-0.15, -0.1) is 0 Å². The third-order valence-corrected chi connectivity index (χ3v) is 1.39. The first-order valence-electron chi connectivity index (χ1n) is 3.18. The maximum absolute atomic E-state index is 10.5. The zero-order valence-corrected chi connectivity index (χ0v) is 7.70. The monoisotopic (exact) mass is 218 g/mol. The van der Waals surface area contributed by atoms with E-state index < -0.39 is 11.9 Å². The van der Waals surface area contributed by atoms with Crippen LogP contribution in [-0.2, 0) is 17.4 Å². The Morgan fingerprint density at radius 3 is 1.46 bits per heavy atom. The Balaban J connectivity index is 0.00000144. The van der Waals surface area contributed by atoms with Gasteiger partial charge in [-0.1, -0.05) is 12.1 Å². The fourth-order valence-corrected chi connectivity index (χ4v) is 0.856. The van der Waals surface area contributed by atoms with Gasteiger partial charge >= 0.3 is 11.9 Å². The number of carboxylic acids is 2. The Morgan fingerprint density at radius 2 is 1.23 bits per heavy atom. The Labute approximate surface area is 84.9 Å². The molecule has 0 bridgehead atoms. The molecule has 0 unspecified atom stereocenters. The molecule has 0 spiro atoms. The van der Waals surface area contributed by atoms with Gasteiger partial charge in [0.05, 0.1) is 11.1 Å². The van der Waals surface area contributed by atoms with Crippen molar-refractivity contribution in [3.8, 4) is 0 Å². The van der Waals surface area contributed by atoms with Crippen molar-refractivity contribution < 1.29 is 37.2 Å². The first-order chi connectivity index (χ1) is 5.63. The molecule has 0 aliphatic rings. The van der Waals surface area contributed by atoms with Gasteiger partial charge in [-0.3, -0.25) is 0 Å². The predicted molar refractivity (Wildman–Crippen MR) is 40.4 cm³/mol. The van der Waals surface area contributed by atoms with Gasteiger partial charge in [0.1, 0.15) is 0 Å². The van der Waals surface area contributed by atoms with E-state index in [0.29, 0.717) is 0 Å². The number of hydrogen-bond donors (Lipinski definition) is 2. The van der Waals surface area contributed by atoms with Crippen LogP contribution in [0.4, 0.5) is 0 Å². The smallest absolute Gasteiger partial charge is 0.336 e. The van der Waals surface area contributed by atoms with E-state index in [2.05, 4.69) is 0 Å². The summed E-state index contributed by atoms with van der Waals surface area (Å²) in [6.45, 7) is 0. The fraction of sp³-hybridized carbons (Fsp3) is 0. The molecule has 0 aromatic heterocycles. The van der Waals surface area contributed by atoms with Crippen LogP contribution in [0.15, 0.2) is 24.3 Å². The molecule has 68 valence electrons. The molecule has 1 aromatic carbocycles. The Bertz CT molecular complexity index is 302. The molecule has 1 aromatic rings. The second-order valence-corrected chi connectivity index (χ2v) is 2.16. The zero-order valence-electron chi connectivity index (χ0n) is 6.43. The van der Waals surface area contributed by atoms with Crippen molar-refractivity contribution in [3.63, 3.8) is 0 Å². The minimum Gasteiger partial charge on any atom is -0.478 e. The van der Waals surface area contributed by atoms with E-state index in [1.807, 2.05) is 0 Å². The fourth-order valence-electron chi connectivity index (χ4n) is 0.856. The molecule has 2 N–H and O–H groups in total. The molecule has 0 aliphatic carbocycles. The van der Waals surface area contributed by atoms with Crippen molar-refractivity contribution in [1.29, 1.82) is 0 Å². The Hall–Kier alpha value is -1.31. The minimum absolute atomic E-state index is 0. The number of carbonyl (C=O) groups is 2. The van der Waals surface area contributed by atoms with Gasteiger partial charge in [-0.25, -0.2) is 9.59 Å². The third kappa shape index (κ3) is 2.58. The van der Waals surface area contributed by atoms with Crippen molar-refractivity contribution in [2.24, 2.45) is 0 Å². The minimum atomic E-state index is -1.23. The molecular formula is C8H6CrO4. The van der Waals surface area contributed by atoms with Gasteiger partial charge in [0.25, 0.3) is 0 Å². The number of benzene rings is 1. The van der Waals surface area contributed by atoms with E-state index in [1.54, 1.807) is 0 Å². The molecule has 0 fully saturated rings. The molecular weight excluding hydrogens is 212 g/mol. The second kappa shape index (κ2) is 4.65. The van der Waals surface area contributed by atoms with Crippen molar-refractivity contribution in [2.75, 3.05) is 0 Å². The van der Waals surface area contributed by atoms with Crippen LogP contribution < -0.4 is 0 Å². The Kier molecular flexibility index (Phi) is 4.19. The van der Waals surface area contributed by atoms with Crippen molar-refractivity contribution in [2.45, 2.75) is 0 Å². The summed E-state index contributed by atoms with van der Waals surface area (Å²) in [5.74, 6) is -2.46. The maximum atomic E-state index is 10.5. The van der Waals surface area contributed by atoms with E-state index in [0.717, 1.165) is 0 Å². The Morgan fingerprint density at radius 1 is 0.923 bits per heavy atom. The number of aromatic carboxylic acids is 2. The van der Waals surface area contributed by atoms with Crippen LogP contribution in [0.2, 0.25) is 0 Å². The summed E-state index contributed by atoms with van der Waals surface area (Å²) in [4.78, 5) is 20.9. The van der Waals surface area contributed by atoms with Crippen molar-refractivity contribution >= 4 is 11.9 Å². The van der Waals surface area contributed by atoms with Crippen LogP contribution in [0, 0.1) is 0 Å². The van der Waals surface area contributed by atoms with E-state index in [-0.39, 0.29) is 28.5 Å². The van der Waals surface area contributed by atoms with Crippen LogP contribution in [0.25, 0.3) is 0 Å². The molecule has 0 saturated heterocycles. The second-order valence-electron chi connectivity index (χ2n) is 2.16. The number of hydrogen-bond acceptors (Lipinski definition) is 2. The average molecular weight is 218 g/mol. The quantitative estimate of drug-likeness (QED) is 0.778. The summed E-state index contributed by atoms with van der Waals surface area (Å²) in [5.41, 5.74) is -0.380. The summed E-state index contributed by atoms with van der Waals surface area (Å²) in [7, 11) is 0. The summed E-state index contributed by atoms with van der Waals surface area (Å²) < 4.78 is 0. The van der Waals surface area contributed by atoms with Gasteiger partial charge in [0.2, 0.25) is 0 Å². The molecule has 4 nitrogen and oxygen atoms in total. The SMILES string of the molecule is O=C(O)c1ccccc1C(=O)O.[Cr]. The predicted octanol–water partition coefficient (Wildman–Crippen LogP) is 1.08. The van der Waals surface area contributed by atoms with Crippen LogP contribution in [-0.4, -0.2) is 22.2 Å². The average Bonchev–Trinajstić information content (AvgIpc) is 2.04. The van der Waals surface area contributed by atoms with Gasteiger partial charge in [0.15, 0.2) is 0 Å². The van der Waals surface area contributed by atoms with Crippen LogP contribution in [0.1, 0.15) is 20.7 Å². The molecule has 0 atom stereocenters. The van der Waals surface area contributed by atoms with Crippen molar-refractivity contribution in [3.05, 3.63) is 35.4 Å². The van der Waals surface area contributed by atoms with Crippen LogP contribution >= 0.6 is 0 Å². The number of rotatable bonds is 2. The molecule has 1 rings (SSSR count). The first kappa shape index (κ1) is 11.7. The van der Waals surface area contributed by atoms with E-state index in [4.69, 9.17) is 10.2 Å². The molecule has 0 heterocycles. The largest absolute Gasteiger partial charge is 0.478 e.